The van der Waals surface area contributed by atoms with Crippen molar-refractivity contribution in [2.24, 2.45) is 4.99 Å². The van der Waals surface area contributed by atoms with Crippen LogP contribution in [-0.4, -0.2) is 82.7 Å². The van der Waals surface area contributed by atoms with Crippen molar-refractivity contribution in [3.05, 3.63) is 33.8 Å². The molecule has 2 fully saturated rings. The number of halogens is 2. The van der Waals surface area contributed by atoms with Crippen LogP contribution < -0.4 is 0 Å². The van der Waals surface area contributed by atoms with Crippen LogP contribution in [0.2, 0.25) is 10.0 Å². The first-order valence-corrected chi connectivity index (χ1v) is 10.6. The molecule has 154 valence electrons. The topological polar surface area (TPSA) is 59.2 Å². The Balaban J connectivity index is 1.74. The van der Waals surface area contributed by atoms with Gasteiger partial charge in [-0.3, -0.25) is 19.5 Å². The van der Waals surface area contributed by atoms with Crippen LogP contribution in [0.25, 0.3) is 0 Å². The number of piperidine rings is 1. The highest BCUT2D eigenvalue weighted by molar-refractivity contribution is 6.36. The lowest BCUT2D eigenvalue weighted by Crippen LogP contribution is -2.61. The monoisotopic (exact) mass is 436 g/mol. The Bertz CT molecular complexity index is 903. The molecule has 0 radical (unpaired) electrons. The predicted molar refractivity (Wildman–Crippen MR) is 113 cm³/mol. The Kier molecular flexibility index (Phi) is 5.64. The Morgan fingerprint density at radius 2 is 1.72 bits per heavy atom. The molecule has 3 heterocycles. The largest absolute Gasteiger partial charge is 0.333 e. The Morgan fingerprint density at radius 1 is 1.07 bits per heavy atom. The number of hydrogen-bond acceptors (Lipinski definition) is 4. The van der Waals surface area contributed by atoms with E-state index >= 15 is 0 Å². The Hall–Kier alpha value is -1.96. The summed E-state index contributed by atoms with van der Waals surface area (Å²) < 4.78 is 1.94. The third kappa shape index (κ3) is 3.67. The summed E-state index contributed by atoms with van der Waals surface area (Å²) in [6.07, 6.45) is 3.55. The third-order valence-corrected chi connectivity index (χ3v) is 6.53. The van der Waals surface area contributed by atoms with Crippen LogP contribution in [0.3, 0.4) is 0 Å². The van der Waals surface area contributed by atoms with Gasteiger partial charge in [0.2, 0.25) is 0 Å². The number of likely N-dealkylation sites (tertiary alicyclic amines) is 1. The van der Waals surface area contributed by atoms with Crippen LogP contribution in [0.4, 0.5) is 4.79 Å². The number of aliphatic imine (C=N–C) groups is 1. The summed E-state index contributed by atoms with van der Waals surface area (Å²) in [5.41, 5.74) is 0.749. The van der Waals surface area contributed by atoms with Crippen LogP contribution in [0.15, 0.2) is 23.2 Å². The summed E-state index contributed by atoms with van der Waals surface area (Å²) in [5, 5.41) is 1.09. The number of urea groups is 1. The number of carbonyl (C=O) groups excluding carboxylic acids is 2. The van der Waals surface area contributed by atoms with Crippen molar-refractivity contribution in [1.82, 2.24) is 14.7 Å². The van der Waals surface area contributed by atoms with Crippen molar-refractivity contribution in [3.8, 4) is 0 Å². The number of nitrogens with zero attached hydrogens (tertiary/aromatic N) is 5. The zero-order valence-electron chi connectivity index (χ0n) is 16.6. The van der Waals surface area contributed by atoms with Gasteiger partial charge in [0.25, 0.3) is 17.8 Å². The standard InChI is InChI=1S/C20H24Cl2N5O2/c1-24-18-17(19(28)25(2)20(24)29)27(11-13-14(21)7-6-8-15(13)22)16(23-18)12-26-9-4-3-5-10-26/h6-8,17H,3-5,9-12H2,1-2H3/q+1. The second-order valence-corrected chi connectivity index (χ2v) is 8.51. The fraction of sp³-hybridized carbons (Fsp3) is 0.500. The predicted octanol–water partition coefficient (Wildman–Crippen LogP) is 2.69. The second kappa shape index (κ2) is 8.05. The molecule has 0 aliphatic carbocycles. The van der Waals surface area contributed by atoms with E-state index in [9.17, 15) is 9.59 Å². The normalized spacial score (nSPS) is 23.0. The maximum atomic E-state index is 13.0. The van der Waals surface area contributed by atoms with E-state index in [1.807, 2.05) is 4.58 Å². The zero-order chi connectivity index (χ0) is 20.7. The number of carbonyl (C=O) groups is 2. The third-order valence-electron chi connectivity index (χ3n) is 5.82. The van der Waals surface area contributed by atoms with E-state index in [4.69, 9.17) is 28.2 Å². The quantitative estimate of drug-likeness (QED) is 0.681. The molecule has 4 rings (SSSR count). The molecule has 0 spiro atoms. The van der Waals surface area contributed by atoms with Gasteiger partial charge >= 0.3 is 11.9 Å². The highest BCUT2D eigenvalue weighted by Gasteiger charge is 2.53. The minimum absolute atomic E-state index is 0.288. The summed E-state index contributed by atoms with van der Waals surface area (Å²) in [6.45, 7) is 2.98. The maximum absolute atomic E-state index is 13.0. The van der Waals surface area contributed by atoms with Crippen molar-refractivity contribution in [2.75, 3.05) is 33.7 Å². The molecule has 0 aromatic heterocycles. The molecule has 1 unspecified atom stereocenters. The average molecular weight is 437 g/mol. The highest BCUT2D eigenvalue weighted by Crippen LogP contribution is 2.28. The van der Waals surface area contributed by atoms with Gasteiger partial charge in [-0.05, 0) is 43.1 Å². The zero-order valence-corrected chi connectivity index (χ0v) is 18.1. The van der Waals surface area contributed by atoms with E-state index in [0.29, 0.717) is 29.0 Å². The second-order valence-electron chi connectivity index (χ2n) is 7.69. The van der Waals surface area contributed by atoms with Crippen LogP contribution in [0.5, 0.6) is 0 Å². The number of fused-ring (bicyclic) bond motifs is 1. The molecule has 0 saturated carbocycles. The summed E-state index contributed by atoms with van der Waals surface area (Å²) >= 11 is 12.8. The SMILES string of the molecule is CN1C(=O)C2C(=NC(CN3CCCCC3)=[N+]2Cc2c(Cl)cccc2Cl)N(C)C1=O. The van der Waals surface area contributed by atoms with Gasteiger partial charge in [0.15, 0.2) is 0 Å². The minimum atomic E-state index is -0.658. The lowest BCUT2D eigenvalue weighted by molar-refractivity contribution is -0.552. The number of amidine groups is 2. The molecule has 3 aliphatic rings. The summed E-state index contributed by atoms with van der Waals surface area (Å²) in [5.74, 6) is 0.947. The van der Waals surface area contributed by atoms with Gasteiger partial charge in [0, 0.05) is 29.7 Å². The first-order valence-electron chi connectivity index (χ1n) is 9.80. The number of hydrogen-bond donors (Lipinski definition) is 0. The molecule has 2 saturated heterocycles. The van der Waals surface area contributed by atoms with Gasteiger partial charge < -0.3 is 0 Å². The Labute approximate surface area is 180 Å². The van der Waals surface area contributed by atoms with Gasteiger partial charge in [-0.25, -0.2) is 9.37 Å². The molecular formula is C20H24Cl2N5O2+. The van der Waals surface area contributed by atoms with E-state index in [-0.39, 0.29) is 11.9 Å². The molecule has 0 bridgehead atoms. The van der Waals surface area contributed by atoms with E-state index in [1.165, 1.54) is 18.4 Å². The molecule has 9 heteroatoms. The molecular weight excluding hydrogens is 413 g/mol. The van der Waals surface area contributed by atoms with Crippen molar-refractivity contribution in [3.63, 3.8) is 0 Å². The number of likely N-dealkylation sites (N-methyl/N-ethyl adjacent to an activating group) is 2. The number of benzene rings is 1. The average Bonchev–Trinajstić information content (AvgIpc) is 3.06. The van der Waals surface area contributed by atoms with Gasteiger partial charge in [0.05, 0.1) is 0 Å². The maximum Gasteiger partial charge on any atom is 0.333 e. The number of amides is 3. The van der Waals surface area contributed by atoms with Crippen molar-refractivity contribution >= 4 is 46.8 Å². The van der Waals surface area contributed by atoms with Crippen molar-refractivity contribution in [1.29, 1.82) is 0 Å². The van der Waals surface area contributed by atoms with Crippen LogP contribution in [0.1, 0.15) is 24.8 Å². The molecule has 3 aliphatic heterocycles. The number of imide groups is 1. The van der Waals surface area contributed by atoms with E-state index in [1.54, 1.807) is 25.2 Å². The van der Waals surface area contributed by atoms with Crippen LogP contribution in [0, 0.1) is 0 Å². The highest BCUT2D eigenvalue weighted by atomic mass is 35.5. The first kappa shape index (κ1) is 20.3. The van der Waals surface area contributed by atoms with Gasteiger partial charge in [-0.15, -0.1) is 0 Å². The molecule has 3 amide bonds. The summed E-state index contributed by atoms with van der Waals surface area (Å²) in [4.78, 5) is 35.1. The summed E-state index contributed by atoms with van der Waals surface area (Å²) in [6, 6.07) is 4.34. The molecule has 29 heavy (non-hydrogen) atoms. The van der Waals surface area contributed by atoms with E-state index < -0.39 is 6.04 Å². The molecule has 7 nitrogen and oxygen atoms in total. The summed E-state index contributed by atoms with van der Waals surface area (Å²) in [7, 11) is 3.16. The molecule has 0 N–H and O–H groups in total. The Morgan fingerprint density at radius 3 is 2.38 bits per heavy atom. The molecule has 1 aromatic carbocycles. The first-order chi connectivity index (χ1) is 13.9. The molecule has 1 atom stereocenters. The van der Waals surface area contributed by atoms with Crippen molar-refractivity contribution in [2.45, 2.75) is 31.8 Å². The molecule has 1 aromatic rings. The van der Waals surface area contributed by atoms with Crippen molar-refractivity contribution < 1.29 is 14.2 Å². The fourth-order valence-corrected chi connectivity index (χ4v) is 4.65. The smallest absolute Gasteiger partial charge is 0.292 e. The minimum Gasteiger partial charge on any atom is -0.292 e. The van der Waals surface area contributed by atoms with Gasteiger partial charge in [0.1, 0.15) is 13.1 Å². The van der Waals surface area contributed by atoms with E-state index in [2.05, 4.69) is 4.90 Å². The van der Waals surface area contributed by atoms with Crippen LogP contribution >= 0.6 is 23.2 Å². The fourth-order valence-electron chi connectivity index (χ4n) is 4.13. The van der Waals surface area contributed by atoms with Crippen LogP contribution in [-0.2, 0) is 11.3 Å². The van der Waals surface area contributed by atoms with E-state index in [0.717, 1.165) is 42.2 Å². The lowest BCUT2D eigenvalue weighted by Gasteiger charge is -2.31. The lowest BCUT2D eigenvalue weighted by atomic mass is 10.1. The van der Waals surface area contributed by atoms with Gasteiger partial charge in [-0.2, -0.15) is 0 Å². The number of rotatable bonds is 4. The van der Waals surface area contributed by atoms with Gasteiger partial charge in [-0.1, -0.05) is 35.7 Å².